The van der Waals surface area contributed by atoms with E-state index >= 15 is 0 Å². The number of aryl methyl sites for hydroxylation is 1. The van der Waals surface area contributed by atoms with Crippen LogP contribution in [0.4, 0.5) is 0 Å². The predicted octanol–water partition coefficient (Wildman–Crippen LogP) is 1.23. The lowest BCUT2D eigenvalue weighted by Gasteiger charge is -2.24. The Balaban J connectivity index is 2.35. The minimum Gasteiger partial charge on any atom is -0.315 e. The molecule has 4 nitrogen and oxygen atoms in total. The molecule has 1 heterocycles. The van der Waals surface area contributed by atoms with Crippen LogP contribution in [-0.4, -0.2) is 38.9 Å². The van der Waals surface area contributed by atoms with Gasteiger partial charge in [0.2, 0.25) is 10.0 Å². The second-order valence-electron chi connectivity index (χ2n) is 4.63. The molecular formula is C13H20N2O2S. The fourth-order valence-electron chi connectivity index (χ4n) is 2.35. The first kappa shape index (κ1) is 13.5. The molecule has 2 rings (SSSR count). The van der Waals surface area contributed by atoms with Crippen LogP contribution in [0.2, 0.25) is 0 Å². The molecule has 1 atom stereocenters. The van der Waals surface area contributed by atoms with Crippen molar-refractivity contribution >= 4 is 10.0 Å². The first-order valence-electron chi connectivity index (χ1n) is 6.34. The molecule has 1 fully saturated rings. The quantitative estimate of drug-likeness (QED) is 0.893. The van der Waals surface area contributed by atoms with Gasteiger partial charge in [0.05, 0.1) is 4.90 Å². The van der Waals surface area contributed by atoms with Gasteiger partial charge in [-0.25, -0.2) is 8.42 Å². The van der Waals surface area contributed by atoms with Crippen molar-refractivity contribution in [1.29, 1.82) is 0 Å². The van der Waals surface area contributed by atoms with Gasteiger partial charge in [0.15, 0.2) is 0 Å². The number of nitrogens with one attached hydrogen (secondary N) is 1. The Hall–Kier alpha value is -0.910. The molecule has 18 heavy (non-hydrogen) atoms. The van der Waals surface area contributed by atoms with E-state index in [-0.39, 0.29) is 6.04 Å². The summed E-state index contributed by atoms with van der Waals surface area (Å²) in [6.07, 6.45) is 1.61. The molecule has 0 bridgehead atoms. The highest BCUT2D eigenvalue weighted by molar-refractivity contribution is 7.89. The number of benzene rings is 1. The van der Waals surface area contributed by atoms with E-state index in [9.17, 15) is 8.42 Å². The maximum atomic E-state index is 12.6. The van der Waals surface area contributed by atoms with Crippen molar-refractivity contribution in [2.75, 3.05) is 20.1 Å². The number of hydrogen-bond acceptors (Lipinski definition) is 3. The van der Waals surface area contributed by atoms with E-state index in [4.69, 9.17) is 0 Å². The number of hydrogen-bond donors (Lipinski definition) is 1. The Morgan fingerprint density at radius 1 is 1.39 bits per heavy atom. The van der Waals surface area contributed by atoms with Crippen molar-refractivity contribution < 1.29 is 8.42 Å². The van der Waals surface area contributed by atoms with Crippen molar-refractivity contribution in [3.63, 3.8) is 0 Å². The van der Waals surface area contributed by atoms with Crippen LogP contribution in [0.1, 0.15) is 18.9 Å². The van der Waals surface area contributed by atoms with E-state index in [1.54, 1.807) is 19.2 Å². The fourth-order valence-corrected chi connectivity index (χ4v) is 4.03. The van der Waals surface area contributed by atoms with Crippen LogP contribution in [0.25, 0.3) is 0 Å². The fraction of sp³-hybridized carbons (Fsp3) is 0.538. The third-order valence-electron chi connectivity index (χ3n) is 3.56. The van der Waals surface area contributed by atoms with Crippen molar-refractivity contribution in [1.82, 2.24) is 9.62 Å². The summed E-state index contributed by atoms with van der Waals surface area (Å²) in [5, 5.41) is 3.20. The highest BCUT2D eigenvalue weighted by Gasteiger charge is 2.30. The average molecular weight is 268 g/mol. The molecule has 0 radical (unpaired) electrons. The zero-order valence-corrected chi connectivity index (χ0v) is 11.7. The van der Waals surface area contributed by atoms with Crippen molar-refractivity contribution in [2.45, 2.75) is 30.7 Å². The largest absolute Gasteiger partial charge is 0.315 e. The van der Waals surface area contributed by atoms with Gasteiger partial charge in [-0.2, -0.15) is 4.31 Å². The molecule has 0 spiro atoms. The smallest absolute Gasteiger partial charge is 0.243 e. The third-order valence-corrected chi connectivity index (χ3v) is 5.57. The molecule has 0 saturated carbocycles. The van der Waals surface area contributed by atoms with Crippen LogP contribution in [0.5, 0.6) is 0 Å². The lowest BCUT2D eigenvalue weighted by molar-refractivity contribution is 0.387. The second-order valence-corrected chi connectivity index (χ2v) is 6.60. The number of nitrogens with zero attached hydrogens (tertiary/aromatic N) is 1. The molecule has 0 aromatic heterocycles. The van der Waals surface area contributed by atoms with Crippen molar-refractivity contribution in [2.24, 2.45) is 0 Å². The number of likely N-dealkylation sites (N-methyl/N-ethyl adjacent to an activating group) is 1. The standard InChI is InChI=1S/C13H20N2O2S/c1-3-11-6-4-5-7-13(11)18(16,17)15(2)12-8-9-14-10-12/h4-7,12,14H,3,8-10H2,1-2H3. The van der Waals surface area contributed by atoms with Crippen molar-refractivity contribution in [3.05, 3.63) is 29.8 Å². The van der Waals surface area contributed by atoms with Gasteiger partial charge in [0.1, 0.15) is 0 Å². The van der Waals surface area contributed by atoms with Gasteiger partial charge in [-0.15, -0.1) is 0 Å². The summed E-state index contributed by atoms with van der Waals surface area (Å²) in [7, 11) is -1.69. The van der Waals surface area contributed by atoms with Gasteiger partial charge in [-0.05, 0) is 31.0 Å². The Kier molecular flexibility index (Phi) is 4.04. The molecule has 5 heteroatoms. The molecule has 1 aliphatic heterocycles. The number of sulfonamides is 1. The van der Waals surface area contributed by atoms with Crippen LogP contribution in [-0.2, 0) is 16.4 Å². The molecule has 100 valence electrons. The van der Waals surface area contributed by atoms with Gasteiger partial charge < -0.3 is 5.32 Å². The maximum Gasteiger partial charge on any atom is 0.243 e. The topological polar surface area (TPSA) is 49.4 Å². The molecule has 1 aromatic carbocycles. The monoisotopic (exact) mass is 268 g/mol. The first-order valence-corrected chi connectivity index (χ1v) is 7.78. The molecule has 1 aliphatic rings. The van der Waals surface area contributed by atoms with Crippen LogP contribution in [0.3, 0.4) is 0 Å². The Morgan fingerprint density at radius 2 is 2.11 bits per heavy atom. The lowest BCUT2D eigenvalue weighted by Crippen LogP contribution is -2.38. The first-order chi connectivity index (χ1) is 8.57. The van der Waals surface area contributed by atoms with Crippen LogP contribution in [0, 0.1) is 0 Å². The lowest BCUT2D eigenvalue weighted by atomic mass is 10.2. The highest BCUT2D eigenvalue weighted by atomic mass is 32.2. The van der Waals surface area contributed by atoms with Crippen molar-refractivity contribution in [3.8, 4) is 0 Å². The SMILES string of the molecule is CCc1ccccc1S(=O)(=O)N(C)C1CCNC1. The molecule has 1 unspecified atom stereocenters. The number of rotatable bonds is 4. The molecule has 1 N–H and O–H groups in total. The second kappa shape index (κ2) is 5.38. The Bertz CT molecular complexity index is 507. The summed E-state index contributed by atoms with van der Waals surface area (Å²) in [5.74, 6) is 0. The molecule has 1 saturated heterocycles. The summed E-state index contributed by atoms with van der Waals surface area (Å²) >= 11 is 0. The van der Waals surface area contributed by atoms with Gasteiger partial charge in [-0.1, -0.05) is 25.1 Å². The molecule has 0 aliphatic carbocycles. The Morgan fingerprint density at radius 3 is 2.72 bits per heavy atom. The molecule has 1 aromatic rings. The summed E-state index contributed by atoms with van der Waals surface area (Å²) in [6.45, 7) is 3.61. The van der Waals surface area contributed by atoms with Gasteiger partial charge in [0.25, 0.3) is 0 Å². The van der Waals surface area contributed by atoms with Crippen LogP contribution >= 0.6 is 0 Å². The minimum atomic E-state index is -3.37. The van der Waals surface area contributed by atoms with Crippen LogP contribution < -0.4 is 5.32 Å². The summed E-state index contributed by atoms with van der Waals surface area (Å²) in [4.78, 5) is 0.446. The third kappa shape index (κ3) is 2.43. The highest BCUT2D eigenvalue weighted by Crippen LogP contribution is 2.22. The molecule has 0 amide bonds. The van der Waals surface area contributed by atoms with E-state index < -0.39 is 10.0 Å². The van der Waals surface area contributed by atoms with E-state index in [0.717, 1.165) is 31.5 Å². The summed E-state index contributed by atoms with van der Waals surface area (Å²) < 4.78 is 26.7. The van der Waals surface area contributed by atoms with E-state index in [2.05, 4.69) is 5.32 Å². The van der Waals surface area contributed by atoms with Crippen LogP contribution in [0.15, 0.2) is 29.2 Å². The van der Waals surface area contributed by atoms with Gasteiger partial charge in [-0.3, -0.25) is 0 Å². The normalized spacial score (nSPS) is 20.5. The van der Waals surface area contributed by atoms with E-state index in [1.807, 2.05) is 19.1 Å². The van der Waals surface area contributed by atoms with Gasteiger partial charge in [0, 0.05) is 19.6 Å². The maximum absolute atomic E-state index is 12.6. The van der Waals surface area contributed by atoms with E-state index in [1.165, 1.54) is 4.31 Å². The van der Waals surface area contributed by atoms with E-state index in [0.29, 0.717) is 4.90 Å². The predicted molar refractivity (Wildman–Crippen MR) is 72.0 cm³/mol. The average Bonchev–Trinajstić information content (AvgIpc) is 2.91. The van der Waals surface area contributed by atoms with Gasteiger partial charge >= 0.3 is 0 Å². The minimum absolute atomic E-state index is 0.0694. The Labute approximate surface area is 109 Å². The zero-order chi connectivity index (χ0) is 13.2. The summed E-state index contributed by atoms with van der Waals surface area (Å²) in [5.41, 5.74) is 0.885. The summed E-state index contributed by atoms with van der Waals surface area (Å²) in [6, 6.07) is 7.32. The zero-order valence-electron chi connectivity index (χ0n) is 10.9. The molecular weight excluding hydrogens is 248 g/mol.